The van der Waals surface area contributed by atoms with E-state index in [4.69, 9.17) is 0 Å². The van der Waals surface area contributed by atoms with Gasteiger partial charge in [0.25, 0.3) is 0 Å². The topological polar surface area (TPSA) is 15.3 Å². The zero-order valence-electron chi connectivity index (χ0n) is 10.1. The minimum absolute atomic E-state index is 0.901. The Kier molecular flexibility index (Phi) is 6.24. The van der Waals surface area contributed by atoms with Gasteiger partial charge >= 0.3 is 0 Å². The quantitative estimate of drug-likeness (QED) is 0.870. The Balaban J connectivity index is 2.84. The minimum atomic E-state index is 0.901. The summed E-state index contributed by atoms with van der Waals surface area (Å²) in [5.41, 5.74) is 2.65. The molecule has 0 heterocycles. The summed E-state index contributed by atoms with van der Waals surface area (Å²) in [7, 11) is 4.13. The predicted molar refractivity (Wildman–Crippen MR) is 78.6 cm³/mol. The number of benzene rings is 1. The lowest BCUT2D eigenvalue weighted by Crippen LogP contribution is -2.22. The predicted octanol–water partition coefficient (Wildman–Crippen LogP) is 2.97. The molecule has 2 nitrogen and oxygen atoms in total. The van der Waals surface area contributed by atoms with Crippen LogP contribution in [0, 0.1) is 0 Å². The number of hydrogen-bond donors (Lipinski definition) is 1. The number of halogens is 1. The molecule has 4 heteroatoms. The number of nitrogens with one attached hydrogen (secondary N) is 1. The van der Waals surface area contributed by atoms with Gasteiger partial charge in [0.15, 0.2) is 0 Å². The van der Waals surface area contributed by atoms with E-state index >= 15 is 0 Å². The van der Waals surface area contributed by atoms with Crippen LogP contribution in [0.1, 0.15) is 5.56 Å². The van der Waals surface area contributed by atoms with Gasteiger partial charge in [0, 0.05) is 36.1 Å². The molecule has 1 aromatic rings. The molecule has 0 aliphatic carbocycles. The van der Waals surface area contributed by atoms with Gasteiger partial charge in [0.1, 0.15) is 0 Å². The Morgan fingerprint density at radius 2 is 2.19 bits per heavy atom. The van der Waals surface area contributed by atoms with E-state index in [1.807, 2.05) is 18.8 Å². The van der Waals surface area contributed by atoms with E-state index in [-0.39, 0.29) is 0 Å². The number of anilines is 1. The third-order valence-electron chi connectivity index (χ3n) is 2.45. The zero-order chi connectivity index (χ0) is 12.0. The molecule has 0 spiro atoms. The first-order chi connectivity index (χ1) is 7.69. The third-order valence-corrected chi connectivity index (χ3v) is 3.53. The van der Waals surface area contributed by atoms with Gasteiger partial charge in [-0.25, -0.2) is 0 Å². The monoisotopic (exact) mass is 302 g/mol. The molecule has 1 rings (SSSR count). The van der Waals surface area contributed by atoms with Crippen molar-refractivity contribution in [3.63, 3.8) is 0 Å². The standard InChI is InChI=1S/C12H19BrN2S/c1-14-9-10-8-11(13)4-5-12(10)15(2)6-7-16-3/h4-5,8,14H,6-7,9H2,1-3H3. The average molecular weight is 303 g/mol. The van der Waals surface area contributed by atoms with Gasteiger partial charge in [-0.15, -0.1) is 0 Å². The highest BCUT2D eigenvalue weighted by molar-refractivity contribution is 9.10. The second-order valence-electron chi connectivity index (χ2n) is 3.72. The highest BCUT2D eigenvalue weighted by Gasteiger charge is 2.07. The van der Waals surface area contributed by atoms with Crippen molar-refractivity contribution >= 4 is 33.4 Å². The SMILES string of the molecule is CNCc1cc(Br)ccc1N(C)CCSC. The summed E-state index contributed by atoms with van der Waals surface area (Å²) in [5.74, 6) is 1.16. The van der Waals surface area contributed by atoms with Gasteiger partial charge in [-0.2, -0.15) is 11.8 Å². The van der Waals surface area contributed by atoms with E-state index in [1.165, 1.54) is 11.3 Å². The maximum atomic E-state index is 3.52. The molecule has 90 valence electrons. The molecule has 0 unspecified atom stereocenters. The van der Waals surface area contributed by atoms with Gasteiger partial charge in [-0.05, 0) is 37.1 Å². The number of nitrogens with zero attached hydrogens (tertiary/aromatic N) is 1. The summed E-state index contributed by atoms with van der Waals surface area (Å²) in [5, 5.41) is 3.21. The summed E-state index contributed by atoms with van der Waals surface area (Å²) < 4.78 is 1.14. The molecule has 1 N–H and O–H groups in total. The van der Waals surface area contributed by atoms with Crippen LogP contribution in [0.4, 0.5) is 5.69 Å². The molecular formula is C12H19BrN2S. The van der Waals surface area contributed by atoms with Crippen molar-refractivity contribution < 1.29 is 0 Å². The van der Waals surface area contributed by atoms with E-state index < -0.39 is 0 Å². The fourth-order valence-electron chi connectivity index (χ4n) is 1.61. The lowest BCUT2D eigenvalue weighted by Gasteiger charge is -2.22. The lowest BCUT2D eigenvalue weighted by atomic mass is 10.1. The highest BCUT2D eigenvalue weighted by atomic mass is 79.9. The van der Waals surface area contributed by atoms with Crippen LogP contribution in [-0.2, 0) is 6.54 Å². The van der Waals surface area contributed by atoms with Crippen LogP contribution in [-0.4, -0.2) is 32.6 Å². The molecule has 0 saturated heterocycles. The first-order valence-corrected chi connectivity index (χ1v) is 7.50. The lowest BCUT2D eigenvalue weighted by molar-refractivity contribution is 0.809. The maximum absolute atomic E-state index is 3.52. The summed E-state index contributed by atoms with van der Waals surface area (Å²) in [6, 6.07) is 6.46. The van der Waals surface area contributed by atoms with Crippen LogP contribution >= 0.6 is 27.7 Å². The largest absolute Gasteiger partial charge is 0.374 e. The highest BCUT2D eigenvalue weighted by Crippen LogP contribution is 2.23. The number of hydrogen-bond acceptors (Lipinski definition) is 3. The molecule has 0 aliphatic rings. The summed E-state index contributed by atoms with van der Waals surface area (Å²) >= 11 is 5.40. The molecular weight excluding hydrogens is 284 g/mol. The summed E-state index contributed by atoms with van der Waals surface area (Å²) in [6.07, 6.45) is 2.14. The van der Waals surface area contributed by atoms with Crippen molar-refractivity contribution in [2.75, 3.05) is 37.5 Å². The van der Waals surface area contributed by atoms with Crippen molar-refractivity contribution in [1.82, 2.24) is 5.32 Å². The summed E-state index contributed by atoms with van der Waals surface area (Å²) in [6.45, 7) is 1.98. The van der Waals surface area contributed by atoms with Gasteiger partial charge in [-0.3, -0.25) is 0 Å². The fraction of sp³-hybridized carbons (Fsp3) is 0.500. The molecule has 0 fully saturated rings. The smallest absolute Gasteiger partial charge is 0.0410 e. The Morgan fingerprint density at radius 3 is 2.81 bits per heavy atom. The second-order valence-corrected chi connectivity index (χ2v) is 5.62. The van der Waals surface area contributed by atoms with Gasteiger partial charge < -0.3 is 10.2 Å². The minimum Gasteiger partial charge on any atom is -0.374 e. The Bertz CT molecular complexity index is 331. The normalized spacial score (nSPS) is 10.5. The second kappa shape index (κ2) is 7.20. The van der Waals surface area contributed by atoms with Crippen molar-refractivity contribution in [3.05, 3.63) is 28.2 Å². The Hall–Kier alpha value is -0.190. The zero-order valence-corrected chi connectivity index (χ0v) is 12.5. The molecule has 0 aliphatic heterocycles. The van der Waals surface area contributed by atoms with Crippen LogP contribution in [0.2, 0.25) is 0 Å². The third kappa shape index (κ3) is 4.00. The van der Waals surface area contributed by atoms with E-state index in [2.05, 4.69) is 57.6 Å². The van der Waals surface area contributed by atoms with Gasteiger partial charge in [-0.1, -0.05) is 15.9 Å². The Labute approximate surface area is 111 Å². The van der Waals surface area contributed by atoms with E-state index in [0.717, 1.165) is 23.3 Å². The fourth-order valence-corrected chi connectivity index (χ4v) is 2.47. The van der Waals surface area contributed by atoms with Crippen LogP contribution in [0.3, 0.4) is 0 Å². The van der Waals surface area contributed by atoms with Gasteiger partial charge in [0.05, 0.1) is 0 Å². The summed E-state index contributed by atoms with van der Waals surface area (Å²) in [4.78, 5) is 2.32. The van der Waals surface area contributed by atoms with Crippen LogP contribution in [0.25, 0.3) is 0 Å². The molecule has 0 radical (unpaired) electrons. The first-order valence-electron chi connectivity index (χ1n) is 5.32. The first kappa shape index (κ1) is 13.9. The van der Waals surface area contributed by atoms with Gasteiger partial charge in [0.2, 0.25) is 0 Å². The molecule has 1 aromatic carbocycles. The number of rotatable bonds is 6. The maximum Gasteiger partial charge on any atom is 0.0410 e. The van der Waals surface area contributed by atoms with E-state index in [9.17, 15) is 0 Å². The van der Waals surface area contributed by atoms with Crippen LogP contribution in [0.5, 0.6) is 0 Å². The van der Waals surface area contributed by atoms with E-state index in [1.54, 1.807) is 0 Å². The molecule has 0 saturated carbocycles. The Morgan fingerprint density at radius 1 is 1.44 bits per heavy atom. The molecule has 0 bridgehead atoms. The van der Waals surface area contributed by atoms with Crippen molar-refractivity contribution in [2.24, 2.45) is 0 Å². The van der Waals surface area contributed by atoms with E-state index in [0.29, 0.717) is 0 Å². The average Bonchev–Trinajstić information content (AvgIpc) is 2.26. The molecule has 16 heavy (non-hydrogen) atoms. The van der Waals surface area contributed by atoms with Crippen LogP contribution < -0.4 is 10.2 Å². The van der Waals surface area contributed by atoms with Crippen LogP contribution in [0.15, 0.2) is 22.7 Å². The van der Waals surface area contributed by atoms with Crippen molar-refractivity contribution in [2.45, 2.75) is 6.54 Å². The van der Waals surface area contributed by atoms with Crippen molar-refractivity contribution in [3.8, 4) is 0 Å². The molecule has 0 atom stereocenters. The number of thioether (sulfide) groups is 1. The van der Waals surface area contributed by atoms with Crippen molar-refractivity contribution in [1.29, 1.82) is 0 Å². The molecule has 0 amide bonds. The molecule has 0 aromatic heterocycles.